The van der Waals surface area contributed by atoms with Crippen LogP contribution in [0.1, 0.15) is 10.4 Å². The van der Waals surface area contributed by atoms with Gasteiger partial charge in [-0.25, -0.2) is 4.98 Å². The molecule has 136 valence electrons. The molecule has 1 amide bonds. The molecule has 3 rings (SSSR count). The first-order chi connectivity index (χ1) is 13.1. The van der Waals surface area contributed by atoms with Gasteiger partial charge in [0.25, 0.3) is 0 Å². The summed E-state index contributed by atoms with van der Waals surface area (Å²) < 4.78 is 5.74. The molecule has 0 radical (unpaired) electrons. The topological polar surface area (TPSA) is 94.4 Å². The summed E-state index contributed by atoms with van der Waals surface area (Å²) in [7, 11) is 0. The minimum Gasteiger partial charge on any atom is -0.485 e. The molecule has 27 heavy (non-hydrogen) atoms. The first kappa shape index (κ1) is 18.3. The van der Waals surface area contributed by atoms with E-state index in [1.54, 1.807) is 24.4 Å². The van der Waals surface area contributed by atoms with E-state index in [9.17, 15) is 14.9 Å². The van der Waals surface area contributed by atoms with Gasteiger partial charge in [0.05, 0.1) is 4.92 Å². The number of nitro groups is 1. The van der Waals surface area contributed by atoms with Crippen LogP contribution < -0.4 is 10.1 Å². The molecule has 0 aliphatic carbocycles. The minimum absolute atomic E-state index is 0.0244. The number of pyridine rings is 1. The third-order valence-electron chi connectivity index (χ3n) is 3.44. The highest BCUT2D eigenvalue weighted by Gasteiger charge is 2.10. The molecule has 0 aliphatic heterocycles. The number of nitrogens with one attached hydrogen (secondary N) is 1. The normalized spacial score (nSPS) is 10.7. The van der Waals surface area contributed by atoms with Crippen molar-refractivity contribution >= 4 is 34.1 Å². The Kier molecular flexibility index (Phi) is 5.91. The fourth-order valence-corrected chi connectivity index (χ4v) is 2.91. The van der Waals surface area contributed by atoms with Crippen molar-refractivity contribution in [1.29, 1.82) is 0 Å². The van der Waals surface area contributed by atoms with E-state index in [0.29, 0.717) is 23.1 Å². The number of hydrogen-bond acceptors (Lipinski definition) is 6. The maximum absolute atomic E-state index is 12.1. The Morgan fingerprint density at radius 1 is 1.19 bits per heavy atom. The Labute approximate surface area is 159 Å². The molecule has 8 heteroatoms. The van der Waals surface area contributed by atoms with Gasteiger partial charge in [-0.15, -0.1) is 0 Å². The Morgan fingerprint density at radius 2 is 2.00 bits per heavy atom. The second-order valence-corrected chi connectivity index (χ2v) is 6.47. The van der Waals surface area contributed by atoms with Gasteiger partial charge in [0.15, 0.2) is 11.6 Å². The van der Waals surface area contributed by atoms with Gasteiger partial charge in [0, 0.05) is 23.2 Å². The lowest BCUT2D eigenvalue weighted by molar-refractivity contribution is -0.380. The third kappa shape index (κ3) is 5.23. The Bertz CT molecular complexity index is 970. The summed E-state index contributed by atoms with van der Waals surface area (Å²) in [5.41, 5.74) is 0.998. The van der Waals surface area contributed by atoms with Gasteiger partial charge in [0.1, 0.15) is 6.61 Å². The smallest absolute Gasteiger partial charge is 0.324 e. The van der Waals surface area contributed by atoms with E-state index in [1.165, 1.54) is 18.2 Å². The highest BCUT2D eigenvalue weighted by Crippen LogP contribution is 2.25. The molecule has 0 atom stereocenters. The number of rotatable bonds is 7. The standard InChI is InChI=1S/C19H15N3O4S/c23-17(10-8-15-9-11-18(27-15)22(24)25)21-19-16(7-4-12-20-19)26-13-14-5-2-1-3-6-14/h1-12H,13H2,(H,20,21,23)/b10-8+. The lowest BCUT2D eigenvalue weighted by atomic mass is 10.2. The van der Waals surface area contributed by atoms with Crippen LogP contribution in [0.3, 0.4) is 0 Å². The summed E-state index contributed by atoms with van der Waals surface area (Å²) in [6, 6.07) is 16.1. The number of carbonyl (C=O) groups is 1. The molecular weight excluding hydrogens is 366 g/mol. The number of anilines is 1. The van der Waals surface area contributed by atoms with Crippen LogP contribution in [-0.4, -0.2) is 15.8 Å². The molecule has 0 aliphatic rings. The molecule has 0 spiro atoms. The van der Waals surface area contributed by atoms with Gasteiger partial charge in [-0.3, -0.25) is 14.9 Å². The quantitative estimate of drug-likeness (QED) is 0.374. The second-order valence-electron chi connectivity index (χ2n) is 5.38. The van der Waals surface area contributed by atoms with Crippen molar-refractivity contribution in [3.05, 3.63) is 87.4 Å². The van der Waals surface area contributed by atoms with Crippen LogP contribution in [0.2, 0.25) is 0 Å². The van der Waals surface area contributed by atoms with E-state index in [0.717, 1.165) is 16.9 Å². The fraction of sp³-hybridized carbons (Fsp3) is 0.0526. The molecule has 2 heterocycles. The van der Waals surface area contributed by atoms with Crippen LogP contribution in [0, 0.1) is 10.1 Å². The predicted octanol–water partition coefficient (Wildman–Crippen LogP) is 4.28. The maximum Gasteiger partial charge on any atom is 0.324 e. The van der Waals surface area contributed by atoms with Crippen molar-refractivity contribution in [3.63, 3.8) is 0 Å². The van der Waals surface area contributed by atoms with Crippen LogP contribution in [0.5, 0.6) is 5.75 Å². The molecule has 0 fully saturated rings. The lowest BCUT2D eigenvalue weighted by Crippen LogP contribution is -2.10. The molecule has 0 bridgehead atoms. The Balaban J connectivity index is 1.63. The van der Waals surface area contributed by atoms with Crippen molar-refractivity contribution in [2.24, 2.45) is 0 Å². The van der Waals surface area contributed by atoms with E-state index in [-0.39, 0.29) is 5.00 Å². The van der Waals surface area contributed by atoms with Crippen LogP contribution >= 0.6 is 11.3 Å². The number of hydrogen-bond donors (Lipinski definition) is 1. The molecule has 2 aromatic heterocycles. The van der Waals surface area contributed by atoms with Crippen LogP contribution in [0.15, 0.2) is 66.9 Å². The van der Waals surface area contributed by atoms with Crippen molar-refractivity contribution in [1.82, 2.24) is 4.98 Å². The zero-order valence-corrected chi connectivity index (χ0v) is 14.9. The summed E-state index contributed by atoms with van der Waals surface area (Å²) in [5.74, 6) is 0.351. The zero-order valence-electron chi connectivity index (χ0n) is 14.1. The van der Waals surface area contributed by atoms with Gasteiger partial charge in [-0.2, -0.15) is 0 Å². The summed E-state index contributed by atoms with van der Waals surface area (Å²) >= 11 is 0.992. The summed E-state index contributed by atoms with van der Waals surface area (Å²) in [4.78, 5) is 27.1. The van der Waals surface area contributed by atoms with Crippen molar-refractivity contribution in [2.75, 3.05) is 5.32 Å². The average molecular weight is 381 g/mol. The Morgan fingerprint density at radius 3 is 2.74 bits per heavy atom. The highest BCUT2D eigenvalue weighted by molar-refractivity contribution is 7.16. The average Bonchev–Trinajstić information content (AvgIpc) is 3.16. The monoisotopic (exact) mass is 381 g/mol. The van der Waals surface area contributed by atoms with E-state index >= 15 is 0 Å². The number of aromatic nitrogens is 1. The second kappa shape index (κ2) is 8.72. The summed E-state index contributed by atoms with van der Waals surface area (Å²) in [6.45, 7) is 0.351. The fourth-order valence-electron chi connectivity index (χ4n) is 2.18. The van der Waals surface area contributed by atoms with Gasteiger partial charge in [0.2, 0.25) is 5.91 Å². The van der Waals surface area contributed by atoms with E-state index in [1.807, 2.05) is 30.3 Å². The number of carbonyl (C=O) groups excluding carboxylic acids is 1. The maximum atomic E-state index is 12.1. The first-order valence-corrected chi connectivity index (χ1v) is 8.78. The minimum atomic E-state index is -0.466. The Hall–Kier alpha value is -3.52. The van der Waals surface area contributed by atoms with E-state index in [4.69, 9.17) is 4.74 Å². The molecular formula is C19H15N3O4S. The predicted molar refractivity (Wildman–Crippen MR) is 104 cm³/mol. The molecule has 0 unspecified atom stereocenters. The zero-order chi connectivity index (χ0) is 19.1. The summed E-state index contributed by atoms with van der Waals surface area (Å²) in [5, 5.41) is 13.4. The van der Waals surface area contributed by atoms with Crippen molar-refractivity contribution < 1.29 is 14.5 Å². The molecule has 7 nitrogen and oxygen atoms in total. The molecule has 1 aromatic carbocycles. The number of benzene rings is 1. The van der Waals surface area contributed by atoms with Crippen LogP contribution in [-0.2, 0) is 11.4 Å². The number of nitrogens with zero attached hydrogens (tertiary/aromatic N) is 2. The highest BCUT2D eigenvalue weighted by atomic mass is 32.1. The SMILES string of the molecule is O=C(/C=C/c1ccc([N+](=O)[O-])s1)Nc1ncccc1OCc1ccccc1. The number of ether oxygens (including phenoxy) is 1. The van der Waals surface area contributed by atoms with Gasteiger partial charge in [-0.1, -0.05) is 41.7 Å². The summed E-state index contributed by atoms with van der Waals surface area (Å²) in [6.07, 6.45) is 4.36. The first-order valence-electron chi connectivity index (χ1n) is 7.97. The van der Waals surface area contributed by atoms with Gasteiger partial charge < -0.3 is 10.1 Å². The number of amides is 1. The van der Waals surface area contributed by atoms with Crippen LogP contribution in [0.4, 0.5) is 10.8 Å². The molecule has 0 saturated heterocycles. The van der Waals surface area contributed by atoms with Crippen LogP contribution in [0.25, 0.3) is 6.08 Å². The van der Waals surface area contributed by atoms with E-state index in [2.05, 4.69) is 10.3 Å². The van der Waals surface area contributed by atoms with Crippen molar-refractivity contribution in [2.45, 2.75) is 6.61 Å². The van der Waals surface area contributed by atoms with Crippen molar-refractivity contribution in [3.8, 4) is 5.75 Å². The van der Waals surface area contributed by atoms with Gasteiger partial charge >= 0.3 is 5.00 Å². The van der Waals surface area contributed by atoms with E-state index < -0.39 is 10.8 Å². The largest absolute Gasteiger partial charge is 0.485 e. The molecule has 0 saturated carbocycles. The van der Waals surface area contributed by atoms with Gasteiger partial charge in [-0.05, 0) is 29.8 Å². The molecule has 3 aromatic rings. The molecule has 1 N–H and O–H groups in total. The lowest BCUT2D eigenvalue weighted by Gasteiger charge is -2.10. The number of thiophene rings is 1. The third-order valence-corrected chi connectivity index (χ3v) is 4.44.